The Hall–Kier alpha value is -3.01. The van der Waals surface area contributed by atoms with Gasteiger partial charge in [0, 0.05) is 42.5 Å². The lowest BCUT2D eigenvalue weighted by Gasteiger charge is -2.16. The second-order valence-corrected chi connectivity index (χ2v) is 9.68. The first-order valence-electron chi connectivity index (χ1n) is 11.4. The molecule has 3 aromatic heterocycles. The summed E-state index contributed by atoms with van der Waals surface area (Å²) in [6.07, 6.45) is 6.86. The van der Waals surface area contributed by atoms with Crippen LogP contribution in [0.2, 0.25) is 5.02 Å². The summed E-state index contributed by atoms with van der Waals surface area (Å²) in [5.41, 5.74) is 4.86. The van der Waals surface area contributed by atoms with E-state index in [0.717, 1.165) is 54.2 Å². The fraction of sp³-hybridized carbons (Fsp3) is 0.417. The fourth-order valence-corrected chi connectivity index (χ4v) is 4.76. The number of methoxy groups -OCH3 is 1. The topological polar surface area (TPSA) is 93.0 Å². The van der Waals surface area contributed by atoms with Gasteiger partial charge in [0.05, 0.1) is 29.7 Å². The van der Waals surface area contributed by atoms with Crippen LogP contribution in [0.25, 0.3) is 28.5 Å². The first-order chi connectivity index (χ1) is 16.4. The Kier molecular flexibility index (Phi) is 5.09. The van der Waals surface area contributed by atoms with Crippen LogP contribution in [0.3, 0.4) is 0 Å². The number of nitrogens with zero attached hydrogens (tertiary/aromatic N) is 6. The van der Waals surface area contributed by atoms with E-state index >= 15 is 0 Å². The maximum atomic E-state index is 6.40. The first-order valence-corrected chi connectivity index (χ1v) is 11.7. The quantitative estimate of drug-likeness (QED) is 0.368. The molecule has 0 saturated carbocycles. The lowest BCUT2D eigenvalue weighted by molar-refractivity contribution is -0.00786. The third kappa shape index (κ3) is 3.55. The first kappa shape index (κ1) is 21.5. The fourth-order valence-electron chi connectivity index (χ4n) is 4.59. The largest absolute Gasteiger partial charge is 0.376 e. The summed E-state index contributed by atoms with van der Waals surface area (Å²) >= 11 is 6.40. The molecule has 0 radical (unpaired) electrons. The zero-order valence-corrected chi connectivity index (χ0v) is 20.0. The summed E-state index contributed by atoms with van der Waals surface area (Å²) in [6, 6.07) is 5.84. The van der Waals surface area contributed by atoms with E-state index in [0.29, 0.717) is 28.9 Å². The second-order valence-electron chi connectivity index (χ2n) is 9.25. The van der Waals surface area contributed by atoms with Crippen LogP contribution >= 0.6 is 11.6 Å². The number of imidazole rings is 1. The predicted molar refractivity (Wildman–Crippen MR) is 125 cm³/mol. The molecule has 176 valence electrons. The van der Waals surface area contributed by atoms with Crippen molar-refractivity contribution >= 4 is 11.6 Å². The molecule has 0 N–H and O–H groups in total. The van der Waals surface area contributed by atoms with Crippen LogP contribution in [0.4, 0.5) is 0 Å². The van der Waals surface area contributed by atoms with Crippen LogP contribution < -0.4 is 0 Å². The Labute approximate surface area is 201 Å². The molecule has 34 heavy (non-hydrogen) atoms. The summed E-state index contributed by atoms with van der Waals surface area (Å²) in [6.45, 7) is 5.31. The molecule has 0 amide bonds. The van der Waals surface area contributed by atoms with Crippen molar-refractivity contribution in [2.24, 2.45) is 0 Å². The molecule has 0 aliphatic carbocycles. The Balaban J connectivity index is 1.46. The van der Waals surface area contributed by atoms with Crippen LogP contribution in [0, 0.1) is 0 Å². The van der Waals surface area contributed by atoms with Gasteiger partial charge in [-0.2, -0.15) is 10.1 Å². The van der Waals surface area contributed by atoms with Gasteiger partial charge in [0.1, 0.15) is 17.6 Å². The van der Waals surface area contributed by atoms with Gasteiger partial charge < -0.3 is 18.6 Å². The van der Waals surface area contributed by atoms with Gasteiger partial charge in [0.25, 0.3) is 5.89 Å². The minimum absolute atomic E-state index is 0.199. The van der Waals surface area contributed by atoms with Gasteiger partial charge in [-0.3, -0.25) is 4.68 Å². The van der Waals surface area contributed by atoms with Crippen LogP contribution in [0.5, 0.6) is 0 Å². The van der Waals surface area contributed by atoms with Crippen LogP contribution in [0.1, 0.15) is 43.8 Å². The molecule has 6 rings (SSSR count). The monoisotopic (exact) mass is 480 g/mol. The molecule has 5 heterocycles. The molecule has 9 nitrogen and oxygen atoms in total. The van der Waals surface area contributed by atoms with E-state index in [1.54, 1.807) is 13.4 Å². The van der Waals surface area contributed by atoms with Gasteiger partial charge in [-0.05, 0) is 44.9 Å². The van der Waals surface area contributed by atoms with Crippen LogP contribution in [-0.4, -0.2) is 49.3 Å². The van der Waals surface area contributed by atoms with Crippen molar-refractivity contribution in [2.45, 2.75) is 51.4 Å². The highest BCUT2D eigenvalue weighted by molar-refractivity contribution is 6.31. The zero-order chi connectivity index (χ0) is 23.4. The van der Waals surface area contributed by atoms with E-state index in [2.05, 4.69) is 25.9 Å². The van der Waals surface area contributed by atoms with Gasteiger partial charge in [0.15, 0.2) is 0 Å². The smallest absolute Gasteiger partial charge is 0.258 e. The zero-order valence-electron chi connectivity index (χ0n) is 19.3. The maximum Gasteiger partial charge on any atom is 0.258 e. The number of aromatic nitrogens is 6. The summed E-state index contributed by atoms with van der Waals surface area (Å²) in [4.78, 5) is 9.27. The normalized spacial score (nSPS) is 17.4. The highest BCUT2D eigenvalue weighted by Gasteiger charge is 2.31. The van der Waals surface area contributed by atoms with E-state index in [1.165, 1.54) is 0 Å². The standard InChI is InChI=1S/C24H25ClN6O3/c1-24(2,32-3)23-27-22(29-34-23)21-19-9-14-11-30(12-16-5-4-8-33-16)28-20(14)17-10-15(25)6-7-18(17)31(19)13-26-21/h6-7,10-11,13,16H,4-5,8-9,12H2,1-3H3. The summed E-state index contributed by atoms with van der Waals surface area (Å²) in [7, 11) is 1.62. The van der Waals surface area contributed by atoms with E-state index in [1.807, 2.05) is 36.7 Å². The van der Waals surface area contributed by atoms with Gasteiger partial charge in [-0.1, -0.05) is 16.8 Å². The van der Waals surface area contributed by atoms with Gasteiger partial charge in [-0.15, -0.1) is 0 Å². The van der Waals surface area contributed by atoms with Gasteiger partial charge in [0.2, 0.25) is 5.82 Å². The molecule has 1 atom stereocenters. The molecule has 0 spiro atoms. The molecular weight excluding hydrogens is 456 g/mol. The Morgan fingerprint density at radius 1 is 1.26 bits per heavy atom. The minimum atomic E-state index is -0.693. The third-order valence-electron chi connectivity index (χ3n) is 6.61. The number of halogens is 1. The minimum Gasteiger partial charge on any atom is -0.376 e. The Morgan fingerprint density at radius 3 is 2.94 bits per heavy atom. The molecule has 10 heteroatoms. The molecule has 1 fully saturated rings. The number of hydrogen-bond acceptors (Lipinski definition) is 7. The number of rotatable bonds is 5. The second kappa shape index (κ2) is 8.04. The molecule has 4 aromatic rings. The lowest BCUT2D eigenvalue weighted by Crippen LogP contribution is -2.19. The molecule has 0 bridgehead atoms. The van der Waals surface area contributed by atoms with Crippen LogP contribution in [0.15, 0.2) is 35.2 Å². The van der Waals surface area contributed by atoms with Crippen molar-refractivity contribution in [1.82, 2.24) is 29.5 Å². The molecule has 1 saturated heterocycles. The number of benzene rings is 1. The Morgan fingerprint density at radius 2 is 2.15 bits per heavy atom. The Bertz CT molecular complexity index is 1360. The molecule has 1 unspecified atom stereocenters. The van der Waals surface area contributed by atoms with E-state index in [4.69, 9.17) is 30.7 Å². The number of ether oxygens (including phenoxy) is 2. The number of hydrogen-bond donors (Lipinski definition) is 0. The van der Waals surface area contributed by atoms with Crippen molar-refractivity contribution in [1.29, 1.82) is 0 Å². The molecule has 2 aliphatic rings. The van der Waals surface area contributed by atoms with Crippen molar-refractivity contribution in [2.75, 3.05) is 13.7 Å². The summed E-state index contributed by atoms with van der Waals surface area (Å²) < 4.78 is 20.9. The van der Waals surface area contributed by atoms with Crippen molar-refractivity contribution in [3.8, 4) is 28.5 Å². The van der Waals surface area contributed by atoms with Crippen LogP contribution in [-0.2, 0) is 28.0 Å². The molecule has 2 aliphatic heterocycles. The average molecular weight is 481 g/mol. The highest BCUT2D eigenvalue weighted by Crippen LogP contribution is 2.38. The summed E-state index contributed by atoms with van der Waals surface area (Å²) in [5.74, 6) is 0.831. The molecule has 1 aromatic carbocycles. The third-order valence-corrected chi connectivity index (χ3v) is 6.85. The van der Waals surface area contributed by atoms with Crippen molar-refractivity contribution < 1.29 is 14.0 Å². The average Bonchev–Trinajstić information content (AvgIpc) is 3.61. The van der Waals surface area contributed by atoms with E-state index in [9.17, 15) is 0 Å². The molecular formula is C24H25ClN6O3. The van der Waals surface area contributed by atoms with E-state index < -0.39 is 5.60 Å². The van der Waals surface area contributed by atoms with Crippen molar-refractivity contribution in [3.63, 3.8) is 0 Å². The number of fused-ring (bicyclic) bond motifs is 5. The van der Waals surface area contributed by atoms with E-state index in [-0.39, 0.29) is 6.10 Å². The summed E-state index contributed by atoms with van der Waals surface area (Å²) in [5, 5.41) is 9.82. The van der Waals surface area contributed by atoms with Gasteiger partial charge in [-0.25, -0.2) is 4.98 Å². The van der Waals surface area contributed by atoms with Crippen molar-refractivity contribution in [3.05, 3.63) is 52.9 Å². The lowest BCUT2D eigenvalue weighted by atomic mass is 10.0. The highest BCUT2D eigenvalue weighted by atomic mass is 35.5. The van der Waals surface area contributed by atoms with Gasteiger partial charge >= 0.3 is 0 Å². The SMILES string of the molecule is COC(C)(C)c1nc(-c2ncn3c2Cc2cn(CC4CCCO4)nc2-c2cc(Cl)ccc2-3)no1. The maximum absolute atomic E-state index is 6.40. The predicted octanol–water partition coefficient (Wildman–Crippen LogP) is 4.40.